The van der Waals surface area contributed by atoms with Crippen molar-refractivity contribution in [2.24, 2.45) is 11.7 Å². The summed E-state index contributed by atoms with van der Waals surface area (Å²) in [5.74, 6) is 1.09. The standard InChI is InChI=1S/C15H22N2O2/c1-19-14-4-2-3-11(9-14)10-17-15(18)12-5-7-13(16)8-6-12/h2-4,9,12-13H,5-8,10,16H2,1H3,(H,17,18). The van der Waals surface area contributed by atoms with E-state index in [2.05, 4.69) is 5.32 Å². The second kappa shape index (κ2) is 6.57. The maximum absolute atomic E-state index is 12.0. The van der Waals surface area contributed by atoms with Crippen LogP contribution in [-0.4, -0.2) is 19.1 Å². The van der Waals surface area contributed by atoms with Crippen molar-refractivity contribution in [2.45, 2.75) is 38.3 Å². The monoisotopic (exact) mass is 262 g/mol. The van der Waals surface area contributed by atoms with Gasteiger partial charge in [-0.1, -0.05) is 12.1 Å². The minimum atomic E-state index is 0.130. The van der Waals surface area contributed by atoms with Gasteiger partial charge in [0.25, 0.3) is 0 Å². The minimum Gasteiger partial charge on any atom is -0.497 e. The molecule has 0 atom stereocenters. The van der Waals surface area contributed by atoms with Crippen molar-refractivity contribution in [3.05, 3.63) is 29.8 Å². The molecule has 4 nitrogen and oxygen atoms in total. The highest BCUT2D eigenvalue weighted by atomic mass is 16.5. The Balaban J connectivity index is 1.82. The van der Waals surface area contributed by atoms with Crippen molar-refractivity contribution < 1.29 is 9.53 Å². The van der Waals surface area contributed by atoms with E-state index in [-0.39, 0.29) is 17.9 Å². The fraction of sp³-hybridized carbons (Fsp3) is 0.533. The number of carbonyl (C=O) groups excluding carboxylic acids is 1. The van der Waals surface area contributed by atoms with E-state index in [0.717, 1.165) is 37.0 Å². The molecule has 1 aromatic rings. The Kier molecular flexibility index (Phi) is 4.80. The van der Waals surface area contributed by atoms with Crippen LogP contribution in [0.3, 0.4) is 0 Å². The summed E-state index contributed by atoms with van der Waals surface area (Å²) in [6.07, 6.45) is 3.73. The van der Waals surface area contributed by atoms with Crippen LogP contribution in [0.15, 0.2) is 24.3 Å². The van der Waals surface area contributed by atoms with Gasteiger partial charge in [0.1, 0.15) is 5.75 Å². The second-order valence-electron chi connectivity index (χ2n) is 5.18. The molecule has 0 aromatic heterocycles. The van der Waals surface area contributed by atoms with Crippen LogP contribution in [0.25, 0.3) is 0 Å². The Morgan fingerprint density at radius 2 is 2.11 bits per heavy atom. The Labute approximate surface area is 114 Å². The number of hydrogen-bond donors (Lipinski definition) is 2. The van der Waals surface area contributed by atoms with Gasteiger partial charge in [-0.3, -0.25) is 4.79 Å². The molecule has 104 valence electrons. The first-order valence-electron chi connectivity index (χ1n) is 6.85. The number of ether oxygens (including phenoxy) is 1. The van der Waals surface area contributed by atoms with Crippen LogP contribution >= 0.6 is 0 Å². The third-order valence-corrected chi connectivity index (χ3v) is 3.74. The van der Waals surface area contributed by atoms with Crippen molar-refractivity contribution in [3.8, 4) is 5.75 Å². The van der Waals surface area contributed by atoms with Gasteiger partial charge in [-0.15, -0.1) is 0 Å². The average molecular weight is 262 g/mol. The Morgan fingerprint density at radius 1 is 1.37 bits per heavy atom. The van der Waals surface area contributed by atoms with Crippen LogP contribution in [-0.2, 0) is 11.3 Å². The van der Waals surface area contributed by atoms with Crippen molar-refractivity contribution >= 4 is 5.91 Å². The molecule has 2 rings (SSSR count). The highest BCUT2D eigenvalue weighted by Crippen LogP contribution is 2.23. The smallest absolute Gasteiger partial charge is 0.223 e. The van der Waals surface area contributed by atoms with Crippen molar-refractivity contribution in [2.75, 3.05) is 7.11 Å². The van der Waals surface area contributed by atoms with Gasteiger partial charge in [0.15, 0.2) is 0 Å². The Bertz CT molecular complexity index is 426. The highest BCUT2D eigenvalue weighted by Gasteiger charge is 2.24. The molecule has 0 saturated heterocycles. The van der Waals surface area contributed by atoms with Gasteiger partial charge < -0.3 is 15.8 Å². The predicted octanol–water partition coefficient (Wildman–Crippen LogP) is 1.83. The van der Waals surface area contributed by atoms with Crippen LogP contribution in [0.1, 0.15) is 31.2 Å². The number of carbonyl (C=O) groups is 1. The molecular weight excluding hydrogens is 240 g/mol. The summed E-state index contributed by atoms with van der Waals surface area (Å²) in [6.45, 7) is 0.554. The quantitative estimate of drug-likeness (QED) is 0.870. The summed E-state index contributed by atoms with van der Waals surface area (Å²) >= 11 is 0. The molecule has 1 saturated carbocycles. The van der Waals surface area contributed by atoms with Crippen LogP contribution in [0.5, 0.6) is 5.75 Å². The summed E-state index contributed by atoms with van der Waals surface area (Å²) < 4.78 is 5.16. The molecule has 0 bridgehead atoms. The lowest BCUT2D eigenvalue weighted by atomic mass is 9.86. The summed E-state index contributed by atoms with van der Waals surface area (Å²) in [7, 11) is 1.64. The summed E-state index contributed by atoms with van der Waals surface area (Å²) in [5, 5.41) is 3.00. The fourth-order valence-corrected chi connectivity index (χ4v) is 2.50. The molecule has 1 aliphatic carbocycles. The van der Waals surface area contributed by atoms with Crippen molar-refractivity contribution in [1.29, 1.82) is 0 Å². The molecule has 0 spiro atoms. The second-order valence-corrected chi connectivity index (χ2v) is 5.18. The highest BCUT2D eigenvalue weighted by molar-refractivity contribution is 5.78. The molecular formula is C15H22N2O2. The van der Waals surface area contributed by atoms with E-state index in [9.17, 15) is 4.79 Å². The number of hydrogen-bond acceptors (Lipinski definition) is 3. The van der Waals surface area contributed by atoms with Crippen LogP contribution in [0.2, 0.25) is 0 Å². The molecule has 1 aliphatic rings. The van der Waals surface area contributed by atoms with E-state index in [1.54, 1.807) is 7.11 Å². The van der Waals surface area contributed by atoms with Gasteiger partial charge in [-0.05, 0) is 43.4 Å². The molecule has 3 N–H and O–H groups in total. The molecule has 0 aliphatic heterocycles. The van der Waals surface area contributed by atoms with Crippen LogP contribution in [0.4, 0.5) is 0 Å². The summed E-state index contributed by atoms with van der Waals surface area (Å²) in [6, 6.07) is 8.03. The molecule has 1 fully saturated rings. The third-order valence-electron chi connectivity index (χ3n) is 3.74. The van der Waals surface area contributed by atoms with E-state index in [1.165, 1.54) is 0 Å². The van der Waals surface area contributed by atoms with E-state index in [4.69, 9.17) is 10.5 Å². The molecule has 0 unspecified atom stereocenters. The summed E-state index contributed by atoms with van der Waals surface area (Å²) in [5.41, 5.74) is 6.90. The molecule has 4 heteroatoms. The van der Waals surface area contributed by atoms with Gasteiger partial charge in [0.05, 0.1) is 7.11 Å². The number of benzene rings is 1. The number of nitrogens with two attached hydrogens (primary N) is 1. The first-order chi connectivity index (χ1) is 9.19. The Hall–Kier alpha value is -1.55. The lowest BCUT2D eigenvalue weighted by molar-refractivity contribution is -0.126. The number of rotatable bonds is 4. The van der Waals surface area contributed by atoms with Crippen molar-refractivity contribution in [1.82, 2.24) is 5.32 Å². The molecule has 1 aromatic carbocycles. The number of amides is 1. The molecule has 19 heavy (non-hydrogen) atoms. The van der Waals surface area contributed by atoms with E-state index >= 15 is 0 Å². The zero-order valence-electron chi connectivity index (χ0n) is 11.4. The van der Waals surface area contributed by atoms with Gasteiger partial charge >= 0.3 is 0 Å². The van der Waals surface area contributed by atoms with E-state index in [1.807, 2.05) is 24.3 Å². The van der Waals surface area contributed by atoms with E-state index < -0.39 is 0 Å². The van der Waals surface area contributed by atoms with Crippen molar-refractivity contribution in [3.63, 3.8) is 0 Å². The first-order valence-corrected chi connectivity index (χ1v) is 6.85. The Morgan fingerprint density at radius 3 is 2.79 bits per heavy atom. The predicted molar refractivity (Wildman–Crippen MR) is 74.8 cm³/mol. The van der Waals surface area contributed by atoms with Gasteiger partial charge in [-0.25, -0.2) is 0 Å². The lowest BCUT2D eigenvalue weighted by Gasteiger charge is -2.25. The number of methoxy groups -OCH3 is 1. The van der Waals surface area contributed by atoms with Gasteiger partial charge in [0, 0.05) is 18.5 Å². The minimum absolute atomic E-state index is 0.130. The number of nitrogens with one attached hydrogen (secondary N) is 1. The van der Waals surface area contributed by atoms with Crippen LogP contribution < -0.4 is 15.8 Å². The fourth-order valence-electron chi connectivity index (χ4n) is 2.50. The summed E-state index contributed by atoms with van der Waals surface area (Å²) in [4.78, 5) is 12.0. The van der Waals surface area contributed by atoms with E-state index in [0.29, 0.717) is 6.54 Å². The zero-order chi connectivity index (χ0) is 13.7. The average Bonchev–Trinajstić information content (AvgIpc) is 2.46. The third kappa shape index (κ3) is 3.96. The SMILES string of the molecule is COc1cccc(CNC(=O)C2CCC(N)CC2)c1. The lowest BCUT2D eigenvalue weighted by Crippen LogP contribution is -2.35. The normalized spacial score (nSPS) is 22.8. The largest absolute Gasteiger partial charge is 0.497 e. The maximum atomic E-state index is 12.0. The van der Waals surface area contributed by atoms with Crippen LogP contribution in [0, 0.1) is 5.92 Å². The van der Waals surface area contributed by atoms with Gasteiger partial charge in [-0.2, -0.15) is 0 Å². The zero-order valence-corrected chi connectivity index (χ0v) is 11.4. The molecule has 0 heterocycles. The first kappa shape index (κ1) is 13.9. The van der Waals surface area contributed by atoms with Gasteiger partial charge in [0.2, 0.25) is 5.91 Å². The molecule has 1 amide bonds. The maximum Gasteiger partial charge on any atom is 0.223 e. The topological polar surface area (TPSA) is 64.3 Å². The molecule has 0 radical (unpaired) electrons.